The molecule has 7 nitrogen and oxygen atoms in total. The Bertz CT molecular complexity index is 892. The van der Waals surface area contributed by atoms with E-state index in [0.29, 0.717) is 23.3 Å². The Morgan fingerprint density at radius 1 is 1.23 bits per heavy atom. The fourth-order valence-corrected chi connectivity index (χ4v) is 3.21. The minimum atomic E-state index is -0.934. The summed E-state index contributed by atoms with van der Waals surface area (Å²) in [5, 5.41) is 16.8. The van der Waals surface area contributed by atoms with E-state index in [9.17, 15) is 4.79 Å². The predicted octanol–water partition coefficient (Wildman–Crippen LogP) is 2.47. The van der Waals surface area contributed by atoms with Gasteiger partial charge in [-0.25, -0.2) is 4.79 Å². The highest BCUT2D eigenvalue weighted by molar-refractivity contribution is 7.98. The number of rotatable bonds is 7. The van der Waals surface area contributed by atoms with Crippen LogP contribution in [0.1, 0.15) is 22.8 Å². The summed E-state index contributed by atoms with van der Waals surface area (Å²) >= 11 is 1.46. The quantitative estimate of drug-likeness (QED) is 0.335. The van der Waals surface area contributed by atoms with Crippen molar-refractivity contribution in [2.24, 2.45) is 0 Å². The Labute approximate surface area is 154 Å². The maximum absolute atomic E-state index is 10.9. The van der Waals surface area contributed by atoms with Crippen LogP contribution in [0.25, 0.3) is 11.4 Å². The van der Waals surface area contributed by atoms with Crippen LogP contribution >= 0.6 is 11.8 Å². The molecule has 0 aliphatic rings. The number of hydrogen-bond acceptors (Lipinski definition) is 5. The van der Waals surface area contributed by atoms with Crippen LogP contribution in [0.3, 0.4) is 0 Å². The van der Waals surface area contributed by atoms with Crippen LogP contribution in [-0.2, 0) is 5.75 Å². The largest absolute Gasteiger partial charge is 0.494 e. The van der Waals surface area contributed by atoms with Crippen molar-refractivity contribution >= 4 is 17.7 Å². The molecule has 0 fully saturated rings. The van der Waals surface area contributed by atoms with Gasteiger partial charge in [-0.2, -0.15) is 0 Å². The normalized spacial score (nSPS) is 10.7. The Kier molecular flexibility index (Phi) is 5.43. The zero-order chi connectivity index (χ0) is 18.5. The van der Waals surface area contributed by atoms with Crippen molar-refractivity contribution in [3.05, 3.63) is 59.7 Å². The number of benzene rings is 2. The predicted molar refractivity (Wildman–Crippen MR) is 98.5 cm³/mol. The highest BCUT2D eigenvalue weighted by Gasteiger charge is 2.20. The fraction of sp³-hybridized carbons (Fsp3) is 0.167. The summed E-state index contributed by atoms with van der Waals surface area (Å²) in [7, 11) is 0. The van der Waals surface area contributed by atoms with E-state index in [4.69, 9.17) is 15.7 Å². The van der Waals surface area contributed by atoms with Crippen LogP contribution in [-0.4, -0.2) is 27.9 Å². The number of aromatic amines is 1. The van der Waals surface area contributed by atoms with Crippen LogP contribution in [0.5, 0.6) is 5.75 Å². The topological polar surface area (TPSA) is 105 Å². The molecule has 0 bridgehead atoms. The number of carboxylic acid groups (broad SMARTS) is 1. The first-order chi connectivity index (χ1) is 12.6. The van der Waals surface area contributed by atoms with Gasteiger partial charge < -0.3 is 9.84 Å². The number of ether oxygens (including phenoxy) is 1. The third-order valence-electron chi connectivity index (χ3n) is 3.71. The molecule has 3 aromatic rings. The van der Waals surface area contributed by atoms with Crippen LogP contribution in [0.4, 0.5) is 0 Å². The molecule has 134 valence electrons. The summed E-state index contributed by atoms with van der Waals surface area (Å²) in [6, 6.07) is 14.4. The Hall–Kier alpha value is -3.00. The number of hydrogen-bond donors (Lipinski definition) is 3. The van der Waals surface area contributed by atoms with E-state index in [1.165, 1.54) is 16.4 Å². The van der Waals surface area contributed by atoms with Gasteiger partial charge in [0.05, 0.1) is 22.8 Å². The summed E-state index contributed by atoms with van der Waals surface area (Å²) in [4.78, 5) is 10.9. The maximum atomic E-state index is 10.9. The van der Waals surface area contributed by atoms with Gasteiger partial charge in [-0.1, -0.05) is 12.1 Å². The first-order valence-corrected chi connectivity index (χ1v) is 9.00. The molecular formula is C18H19N4O3S+. The number of carbonyl (C=O) groups is 1. The molecule has 0 aliphatic carbocycles. The standard InChI is InChI=1S/C18H18N4O3S/c1-2-25-15-9-7-13(8-10-15)16-20-21-18(22(16)19)26-11-12-3-5-14(6-4-12)17(23)24/h3-10H,2,11,19H2,1H3,(H,23,24)/p+1. The smallest absolute Gasteiger partial charge is 0.358 e. The molecule has 2 aromatic carbocycles. The Morgan fingerprint density at radius 3 is 2.54 bits per heavy atom. The van der Waals surface area contributed by atoms with Gasteiger partial charge in [0.2, 0.25) is 0 Å². The van der Waals surface area contributed by atoms with E-state index in [2.05, 4.69) is 10.2 Å². The van der Waals surface area contributed by atoms with Gasteiger partial charge in [0.25, 0.3) is 5.82 Å². The minimum Gasteiger partial charge on any atom is -0.494 e. The molecule has 4 N–H and O–H groups in total. The number of nitrogens with zero attached hydrogens (tertiary/aromatic N) is 2. The minimum absolute atomic E-state index is 0.269. The molecular weight excluding hydrogens is 352 g/mol. The van der Waals surface area contributed by atoms with Crippen LogP contribution in [0, 0.1) is 0 Å². The van der Waals surface area contributed by atoms with E-state index in [0.717, 1.165) is 16.9 Å². The molecule has 1 heterocycles. The zero-order valence-electron chi connectivity index (χ0n) is 14.2. The lowest BCUT2D eigenvalue weighted by atomic mass is 10.1. The van der Waals surface area contributed by atoms with Gasteiger partial charge in [0.15, 0.2) is 0 Å². The number of aromatic carboxylic acids is 1. The van der Waals surface area contributed by atoms with Gasteiger partial charge in [-0.05, 0) is 60.6 Å². The van der Waals surface area contributed by atoms with Crippen LogP contribution in [0.2, 0.25) is 0 Å². The first-order valence-electron chi connectivity index (χ1n) is 8.02. The second-order valence-corrected chi connectivity index (χ2v) is 6.42. The first kappa shape index (κ1) is 17.8. The molecule has 1 aromatic heterocycles. The number of nitrogens with two attached hydrogens (primary N) is 1. The highest BCUT2D eigenvalue weighted by atomic mass is 32.2. The van der Waals surface area contributed by atoms with Crippen LogP contribution in [0.15, 0.2) is 53.7 Å². The second kappa shape index (κ2) is 7.92. The van der Waals surface area contributed by atoms with Crippen LogP contribution < -0.4 is 15.3 Å². The van der Waals surface area contributed by atoms with Crippen molar-refractivity contribution in [2.45, 2.75) is 17.8 Å². The molecule has 0 amide bonds. The molecule has 26 heavy (non-hydrogen) atoms. The molecule has 3 rings (SSSR count). The van der Waals surface area contributed by atoms with Gasteiger partial charge >= 0.3 is 11.1 Å². The Balaban J connectivity index is 1.69. The van der Waals surface area contributed by atoms with Gasteiger partial charge in [0.1, 0.15) is 5.75 Å². The number of H-pyrrole nitrogens is 1. The molecule has 0 atom stereocenters. The average molecular weight is 371 g/mol. The molecule has 0 spiro atoms. The van der Waals surface area contributed by atoms with E-state index in [1.54, 1.807) is 24.3 Å². The summed E-state index contributed by atoms with van der Waals surface area (Å²) in [6.07, 6.45) is 0. The lowest BCUT2D eigenvalue weighted by Crippen LogP contribution is -2.46. The number of carboxylic acids is 1. The third kappa shape index (κ3) is 3.97. The maximum Gasteiger partial charge on any atom is 0.358 e. The number of thioether (sulfide) groups is 1. The van der Waals surface area contributed by atoms with Crippen molar-refractivity contribution in [2.75, 3.05) is 12.4 Å². The summed E-state index contributed by atoms with van der Waals surface area (Å²) < 4.78 is 6.94. The molecule has 8 heteroatoms. The van der Waals surface area contributed by atoms with E-state index < -0.39 is 5.97 Å². The third-order valence-corrected chi connectivity index (χ3v) is 4.74. The average Bonchev–Trinajstić information content (AvgIpc) is 3.02. The van der Waals surface area contributed by atoms with E-state index in [-0.39, 0.29) is 5.56 Å². The summed E-state index contributed by atoms with van der Waals surface area (Å²) in [5.41, 5.74) is 2.16. The van der Waals surface area contributed by atoms with Gasteiger partial charge in [-0.3, -0.25) is 5.84 Å². The van der Waals surface area contributed by atoms with Crippen molar-refractivity contribution < 1.29 is 19.3 Å². The molecule has 0 radical (unpaired) electrons. The Morgan fingerprint density at radius 2 is 1.92 bits per heavy atom. The van der Waals surface area contributed by atoms with Crippen molar-refractivity contribution in [1.82, 2.24) is 10.2 Å². The second-order valence-electron chi connectivity index (χ2n) is 5.47. The zero-order valence-corrected chi connectivity index (χ0v) is 15.0. The van der Waals surface area contributed by atoms with Gasteiger partial charge in [-0.15, -0.1) is 9.77 Å². The summed E-state index contributed by atoms with van der Waals surface area (Å²) in [5.74, 6) is 7.34. The lowest BCUT2D eigenvalue weighted by molar-refractivity contribution is -0.666. The lowest BCUT2D eigenvalue weighted by Gasteiger charge is -2.03. The van der Waals surface area contributed by atoms with E-state index in [1.807, 2.05) is 31.2 Å². The number of aromatic nitrogens is 3. The van der Waals surface area contributed by atoms with E-state index >= 15 is 0 Å². The monoisotopic (exact) mass is 371 g/mol. The van der Waals surface area contributed by atoms with Crippen molar-refractivity contribution in [3.63, 3.8) is 0 Å². The SMILES string of the molecule is CCOc1ccc(-c2[nH]nc(SCc3ccc(C(=O)O)cc3)[n+]2N)cc1. The molecule has 0 aliphatic heterocycles. The number of nitrogens with one attached hydrogen (secondary N) is 1. The number of nitrogen functional groups attached to an aromatic ring is 1. The molecule has 0 saturated carbocycles. The van der Waals surface area contributed by atoms with Gasteiger partial charge in [0, 0.05) is 5.75 Å². The van der Waals surface area contributed by atoms with Crippen molar-refractivity contribution in [3.8, 4) is 17.1 Å². The van der Waals surface area contributed by atoms with Crippen molar-refractivity contribution in [1.29, 1.82) is 0 Å². The molecule has 0 saturated heterocycles. The summed E-state index contributed by atoms with van der Waals surface area (Å²) in [6.45, 7) is 2.56. The molecule has 0 unspecified atom stereocenters. The fourth-order valence-electron chi connectivity index (χ4n) is 2.38. The highest BCUT2D eigenvalue weighted by Crippen LogP contribution is 2.22.